The Morgan fingerprint density at radius 2 is 1.73 bits per heavy atom. The summed E-state index contributed by atoms with van der Waals surface area (Å²) >= 11 is 0. The average molecular weight is 553 g/mol. The van der Waals surface area contributed by atoms with Gasteiger partial charge >= 0.3 is 0 Å². The molecule has 0 spiro atoms. The predicted molar refractivity (Wildman–Crippen MR) is 149 cm³/mol. The minimum atomic E-state index is -0.718. The molecule has 6 aromatic rings. The number of nitrogens with zero attached hydrogens (tertiary/aromatic N) is 4. The van der Waals surface area contributed by atoms with Crippen molar-refractivity contribution in [1.82, 2.24) is 24.5 Å². The van der Waals surface area contributed by atoms with E-state index in [1.807, 2.05) is 18.2 Å². The number of benzene rings is 3. The molecular formula is C30H22F2N6O3. The van der Waals surface area contributed by atoms with Gasteiger partial charge in [0.15, 0.2) is 11.6 Å². The largest absolute Gasteiger partial charge is 0.454 e. The lowest BCUT2D eigenvalue weighted by molar-refractivity contribution is 0.102. The first kappa shape index (κ1) is 25.7. The number of pyridine rings is 1. The van der Waals surface area contributed by atoms with E-state index in [9.17, 15) is 14.0 Å². The van der Waals surface area contributed by atoms with Gasteiger partial charge in [-0.3, -0.25) is 24.4 Å². The van der Waals surface area contributed by atoms with Crippen LogP contribution >= 0.6 is 0 Å². The zero-order valence-electron chi connectivity index (χ0n) is 21.9. The number of amides is 1. The fraction of sp³-hybridized carbons (Fsp3) is 0.0667. The summed E-state index contributed by atoms with van der Waals surface area (Å²) in [5.74, 6) is -1.53. The number of nitrogens with one attached hydrogen (secondary N) is 2. The number of carbonyl (C=O) groups is 1. The van der Waals surface area contributed by atoms with Crippen LogP contribution in [0.3, 0.4) is 0 Å². The Bertz CT molecular complexity index is 1980. The second kappa shape index (κ2) is 10.2. The van der Waals surface area contributed by atoms with Gasteiger partial charge in [0.25, 0.3) is 11.5 Å². The number of aromatic nitrogens is 5. The average Bonchev–Trinajstić information content (AvgIpc) is 3.51. The topological polar surface area (TPSA) is 107 Å². The van der Waals surface area contributed by atoms with Gasteiger partial charge in [0.1, 0.15) is 17.1 Å². The maximum Gasteiger partial charge on any atom is 0.284 e. The third-order valence-corrected chi connectivity index (χ3v) is 6.79. The molecule has 3 aromatic heterocycles. The van der Waals surface area contributed by atoms with Crippen LogP contribution in [-0.4, -0.2) is 30.5 Å². The van der Waals surface area contributed by atoms with E-state index in [1.165, 1.54) is 45.8 Å². The number of anilines is 1. The first-order valence-corrected chi connectivity index (χ1v) is 12.5. The normalized spacial score (nSPS) is 11.1. The maximum atomic E-state index is 15.3. The smallest absolute Gasteiger partial charge is 0.284 e. The van der Waals surface area contributed by atoms with E-state index >= 15 is 4.39 Å². The molecule has 11 heteroatoms. The van der Waals surface area contributed by atoms with Gasteiger partial charge in [-0.15, -0.1) is 0 Å². The zero-order valence-corrected chi connectivity index (χ0v) is 21.9. The number of hydrogen-bond acceptors (Lipinski definition) is 5. The Balaban J connectivity index is 1.28. The Kier molecular flexibility index (Phi) is 6.38. The molecule has 6 rings (SSSR count). The number of halogens is 2. The van der Waals surface area contributed by atoms with Crippen molar-refractivity contribution in [3.05, 3.63) is 119 Å². The summed E-state index contributed by atoms with van der Waals surface area (Å²) in [5.41, 5.74) is 2.52. The Hall–Kier alpha value is -5.58. The molecule has 0 atom stereocenters. The number of hydrogen-bond donors (Lipinski definition) is 2. The van der Waals surface area contributed by atoms with Gasteiger partial charge in [-0.25, -0.2) is 13.5 Å². The quantitative estimate of drug-likeness (QED) is 0.274. The molecule has 0 aliphatic carbocycles. The molecule has 9 nitrogen and oxygen atoms in total. The van der Waals surface area contributed by atoms with E-state index in [1.54, 1.807) is 38.6 Å². The number of fused-ring (bicyclic) bond motifs is 1. The highest BCUT2D eigenvalue weighted by Gasteiger charge is 2.23. The molecule has 0 fully saturated rings. The molecule has 2 N–H and O–H groups in total. The number of ether oxygens (including phenoxy) is 1. The van der Waals surface area contributed by atoms with Crippen molar-refractivity contribution in [2.75, 3.05) is 5.32 Å². The summed E-state index contributed by atoms with van der Waals surface area (Å²) in [5, 5.41) is 10.4. The van der Waals surface area contributed by atoms with Crippen LogP contribution in [0, 0.1) is 18.6 Å². The van der Waals surface area contributed by atoms with Crippen molar-refractivity contribution < 1.29 is 18.3 Å². The lowest BCUT2D eigenvalue weighted by Gasteiger charge is -2.13. The maximum absolute atomic E-state index is 15.3. The van der Waals surface area contributed by atoms with E-state index < -0.39 is 23.1 Å². The summed E-state index contributed by atoms with van der Waals surface area (Å²) in [6.07, 6.45) is 4.94. The standard InChI is InChI=1S/C30H22F2N6O3/c1-17-28(30(40)38(37(17)2)22-6-3-20(31)4-7-22)29(39)35-21-5-8-26(24(32)14-21)41-27-13-19-16-34-36-25(19)15-23(27)18-9-11-33-12-10-18/h3-16H,1-2H3,(H,34,36)(H,35,39). The first-order chi connectivity index (χ1) is 19.8. The molecule has 41 heavy (non-hydrogen) atoms. The second-order valence-corrected chi connectivity index (χ2v) is 9.32. The van der Waals surface area contributed by atoms with E-state index in [2.05, 4.69) is 20.5 Å². The summed E-state index contributed by atoms with van der Waals surface area (Å²) in [6.45, 7) is 1.62. The van der Waals surface area contributed by atoms with Gasteiger partial charge in [0.05, 0.1) is 23.1 Å². The lowest BCUT2D eigenvalue weighted by Crippen LogP contribution is -2.25. The minimum absolute atomic E-state index is 0.0595. The lowest BCUT2D eigenvalue weighted by atomic mass is 10.0. The van der Waals surface area contributed by atoms with E-state index in [0.717, 1.165) is 22.5 Å². The number of aromatic amines is 1. The number of carbonyl (C=O) groups excluding carboxylic acids is 1. The fourth-order valence-corrected chi connectivity index (χ4v) is 4.63. The first-order valence-electron chi connectivity index (χ1n) is 12.5. The minimum Gasteiger partial charge on any atom is -0.454 e. The summed E-state index contributed by atoms with van der Waals surface area (Å²) in [6, 6.07) is 16.6. The number of H-pyrrole nitrogens is 1. The monoisotopic (exact) mass is 552 g/mol. The van der Waals surface area contributed by atoms with Crippen molar-refractivity contribution in [1.29, 1.82) is 0 Å². The number of rotatable bonds is 6. The molecule has 0 bridgehead atoms. The Labute approximate surface area is 231 Å². The van der Waals surface area contributed by atoms with Crippen LogP contribution in [0.1, 0.15) is 16.1 Å². The molecule has 0 saturated carbocycles. The van der Waals surface area contributed by atoms with E-state index in [4.69, 9.17) is 4.74 Å². The van der Waals surface area contributed by atoms with Gasteiger partial charge in [0.2, 0.25) is 0 Å². The Morgan fingerprint density at radius 3 is 2.46 bits per heavy atom. The summed E-state index contributed by atoms with van der Waals surface area (Å²) in [7, 11) is 1.61. The molecule has 1 amide bonds. The Morgan fingerprint density at radius 1 is 0.976 bits per heavy atom. The highest BCUT2D eigenvalue weighted by atomic mass is 19.1. The second-order valence-electron chi connectivity index (χ2n) is 9.32. The van der Waals surface area contributed by atoms with Gasteiger partial charge in [-0.1, -0.05) is 0 Å². The van der Waals surface area contributed by atoms with Crippen LogP contribution in [0.5, 0.6) is 11.5 Å². The third kappa shape index (κ3) is 4.73. The third-order valence-electron chi connectivity index (χ3n) is 6.79. The molecule has 3 heterocycles. The van der Waals surface area contributed by atoms with Crippen molar-refractivity contribution in [3.63, 3.8) is 0 Å². The van der Waals surface area contributed by atoms with Gasteiger partial charge in [-0.05, 0) is 73.2 Å². The summed E-state index contributed by atoms with van der Waals surface area (Å²) in [4.78, 5) is 30.3. The van der Waals surface area contributed by atoms with E-state index in [0.29, 0.717) is 22.7 Å². The molecule has 0 aliphatic heterocycles. The molecule has 3 aromatic carbocycles. The SMILES string of the molecule is Cc1c(C(=O)Nc2ccc(Oc3cc4cn[nH]c4cc3-c3ccncc3)c(F)c2)c(=O)n(-c2ccc(F)cc2)n1C. The molecule has 0 radical (unpaired) electrons. The van der Waals surface area contributed by atoms with Crippen LogP contribution in [0.4, 0.5) is 14.5 Å². The van der Waals surface area contributed by atoms with Crippen molar-refractivity contribution >= 4 is 22.5 Å². The highest BCUT2D eigenvalue weighted by Crippen LogP contribution is 2.37. The predicted octanol–water partition coefficient (Wildman–Crippen LogP) is 5.75. The van der Waals surface area contributed by atoms with Crippen LogP contribution in [0.15, 0.2) is 90.1 Å². The van der Waals surface area contributed by atoms with Crippen LogP contribution in [0.25, 0.3) is 27.7 Å². The fourth-order valence-electron chi connectivity index (χ4n) is 4.63. The molecule has 204 valence electrons. The summed E-state index contributed by atoms with van der Waals surface area (Å²) < 4.78 is 37.4. The van der Waals surface area contributed by atoms with Crippen LogP contribution < -0.4 is 15.6 Å². The molecule has 0 unspecified atom stereocenters. The molecule has 0 saturated heterocycles. The van der Waals surface area contributed by atoms with Crippen molar-refractivity contribution in [2.45, 2.75) is 6.92 Å². The van der Waals surface area contributed by atoms with Gasteiger partial charge < -0.3 is 10.1 Å². The van der Waals surface area contributed by atoms with Crippen molar-refractivity contribution in [2.24, 2.45) is 7.05 Å². The van der Waals surface area contributed by atoms with Crippen LogP contribution in [-0.2, 0) is 7.05 Å². The highest BCUT2D eigenvalue weighted by molar-refractivity contribution is 6.05. The van der Waals surface area contributed by atoms with Gasteiger partial charge in [-0.2, -0.15) is 5.10 Å². The van der Waals surface area contributed by atoms with E-state index in [-0.39, 0.29) is 17.0 Å². The van der Waals surface area contributed by atoms with Crippen LogP contribution in [0.2, 0.25) is 0 Å². The van der Waals surface area contributed by atoms with Crippen molar-refractivity contribution in [3.8, 4) is 28.3 Å². The molecular weight excluding hydrogens is 530 g/mol. The van der Waals surface area contributed by atoms with Gasteiger partial charge in [0, 0.05) is 42.1 Å². The molecule has 0 aliphatic rings. The zero-order chi connectivity index (χ0) is 28.7.